The van der Waals surface area contributed by atoms with Crippen LogP contribution in [0.5, 0.6) is 0 Å². The van der Waals surface area contributed by atoms with Crippen LogP contribution in [0.3, 0.4) is 0 Å². The van der Waals surface area contributed by atoms with Crippen LogP contribution in [-0.4, -0.2) is 6.54 Å². The average molecular weight is 182 g/mol. The zero-order valence-electron chi connectivity index (χ0n) is 7.05. The van der Waals surface area contributed by atoms with Gasteiger partial charge >= 0.3 is 0 Å². The van der Waals surface area contributed by atoms with Gasteiger partial charge in [0.2, 0.25) is 0 Å². The molecule has 0 heterocycles. The van der Waals surface area contributed by atoms with Gasteiger partial charge in [-0.05, 0) is 24.6 Å². The monoisotopic (exact) mass is 181 g/mol. The minimum atomic E-state index is 0.771. The molecule has 1 nitrogen and oxygen atoms in total. The molecule has 0 amide bonds. The zero-order valence-corrected chi connectivity index (χ0v) is 7.81. The van der Waals surface area contributed by atoms with Gasteiger partial charge in [-0.25, -0.2) is 0 Å². The minimum absolute atomic E-state index is 0.771. The van der Waals surface area contributed by atoms with Gasteiger partial charge < -0.3 is 5.32 Å². The molecule has 0 saturated heterocycles. The van der Waals surface area contributed by atoms with E-state index in [1.54, 1.807) is 0 Å². The highest BCUT2D eigenvalue weighted by Gasteiger charge is 1.88. The van der Waals surface area contributed by atoms with Gasteiger partial charge in [-0.15, -0.1) is 0 Å². The van der Waals surface area contributed by atoms with Gasteiger partial charge in [0.15, 0.2) is 0 Å². The van der Waals surface area contributed by atoms with Gasteiger partial charge in [0.05, 0.1) is 0 Å². The molecule has 0 atom stereocenters. The van der Waals surface area contributed by atoms with E-state index in [1.807, 2.05) is 18.2 Å². The number of hydrogen-bond acceptors (Lipinski definition) is 1. The number of benzene rings is 1. The van der Waals surface area contributed by atoms with Crippen LogP contribution >= 0.6 is 11.6 Å². The average Bonchev–Trinajstić information content (AvgIpc) is 2.05. The van der Waals surface area contributed by atoms with Gasteiger partial charge in [0, 0.05) is 17.8 Å². The molecule has 0 fully saturated rings. The van der Waals surface area contributed by atoms with Crippen molar-refractivity contribution in [3.8, 4) is 0 Å². The predicted octanol–water partition coefficient (Wildman–Crippen LogP) is 3.16. The van der Waals surface area contributed by atoms with E-state index < -0.39 is 0 Å². The third-order valence-corrected chi connectivity index (χ3v) is 1.71. The van der Waals surface area contributed by atoms with E-state index in [1.165, 1.54) is 11.1 Å². The van der Waals surface area contributed by atoms with Gasteiger partial charge in [-0.2, -0.15) is 0 Å². The van der Waals surface area contributed by atoms with Crippen LogP contribution in [0.4, 0.5) is 5.69 Å². The Morgan fingerprint density at radius 3 is 3.00 bits per heavy atom. The summed E-state index contributed by atoms with van der Waals surface area (Å²) in [6.07, 6.45) is 1.86. The Morgan fingerprint density at radius 1 is 1.50 bits per heavy atom. The van der Waals surface area contributed by atoms with Crippen molar-refractivity contribution in [1.29, 1.82) is 0 Å². The van der Waals surface area contributed by atoms with Crippen molar-refractivity contribution in [3.63, 3.8) is 0 Å². The summed E-state index contributed by atoms with van der Waals surface area (Å²) < 4.78 is 0. The SMILES string of the molecule is Cc1cccc(NC/C=C\Cl)c1. The summed E-state index contributed by atoms with van der Waals surface area (Å²) in [6, 6.07) is 8.24. The smallest absolute Gasteiger partial charge is 0.0345 e. The molecule has 1 aromatic carbocycles. The Kier molecular flexibility index (Phi) is 3.68. The molecule has 0 spiro atoms. The van der Waals surface area contributed by atoms with Crippen molar-refractivity contribution in [3.05, 3.63) is 41.4 Å². The van der Waals surface area contributed by atoms with Gasteiger partial charge in [0.25, 0.3) is 0 Å². The molecule has 0 unspecified atom stereocenters. The molecule has 2 heteroatoms. The molecule has 64 valence electrons. The molecule has 1 rings (SSSR count). The fourth-order valence-electron chi connectivity index (χ4n) is 0.976. The Hall–Kier alpha value is -0.950. The van der Waals surface area contributed by atoms with Crippen molar-refractivity contribution >= 4 is 17.3 Å². The number of rotatable bonds is 3. The molecule has 0 radical (unpaired) electrons. The first-order valence-corrected chi connectivity index (χ1v) is 4.32. The summed E-state index contributed by atoms with van der Waals surface area (Å²) in [5.41, 5.74) is 3.91. The highest BCUT2D eigenvalue weighted by atomic mass is 35.5. The van der Waals surface area contributed by atoms with Crippen LogP contribution in [0.2, 0.25) is 0 Å². The van der Waals surface area contributed by atoms with Crippen LogP contribution in [0.25, 0.3) is 0 Å². The van der Waals surface area contributed by atoms with Crippen molar-refractivity contribution in [2.75, 3.05) is 11.9 Å². The standard InChI is InChI=1S/C10H12ClN/c1-9-4-2-5-10(8-9)12-7-3-6-11/h2-6,8,12H,7H2,1H3/b6-3-. The molecule has 1 N–H and O–H groups in total. The van der Waals surface area contributed by atoms with Gasteiger partial charge in [0.1, 0.15) is 0 Å². The second kappa shape index (κ2) is 4.83. The first-order chi connectivity index (χ1) is 5.83. The minimum Gasteiger partial charge on any atom is -0.382 e. The Morgan fingerprint density at radius 2 is 2.33 bits per heavy atom. The topological polar surface area (TPSA) is 12.0 Å². The molecule has 12 heavy (non-hydrogen) atoms. The maximum Gasteiger partial charge on any atom is 0.0345 e. The van der Waals surface area contributed by atoms with Gasteiger partial charge in [-0.3, -0.25) is 0 Å². The molecule has 0 aromatic heterocycles. The zero-order chi connectivity index (χ0) is 8.81. The number of nitrogens with one attached hydrogen (secondary N) is 1. The molecule has 0 saturated carbocycles. The summed E-state index contributed by atoms with van der Waals surface area (Å²) in [4.78, 5) is 0. The summed E-state index contributed by atoms with van der Waals surface area (Å²) in [7, 11) is 0. The fraction of sp³-hybridized carbons (Fsp3) is 0.200. The largest absolute Gasteiger partial charge is 0.382 e. The van der Waals surface area contributed by atoms with E-state index in [4.69, 9.17) is 11.6 Å². The lowest BCUT2D eigenvalue weighted by molar-refractivity contribution is 1.32. The summed E-state index contributed by atoms with van der Waals surface area (Å²) in [5, 5.41) is 3.22. The Labute approximate surface area is 78.1 Å². The second-order valence-corrected chi connectivity index (χ2v) is 2.86. The molecule has 0 bridgehead atoms. The maximum atomic E-state index is 5.38. The summed E-state index contributed by atoms with van der Waals surface area (Å²) >= 11 is 5.38. The Balaban J connectivity index is 2.52. The third kappa shape index (κ3) is 2.97. The number of halogens is 1. The third-order valence-electron chi connectivity index (χ3n) is 1.53. The van der Waals surface area contributed by atoms with Crippen LogP contribution in [-0.2, 0) is 0 Å². The quantitative estimate of drug-likeness (QED) is 0.756. The van der Waals surface area contributed by atoms with Crippen molar-refractivity contribution < 1.29 is 0 Å². The number of aryl methyl sites for hydroxylation is 1. The number of hydrogen-bond donors (Lipinski definition) is 1. The van der Waals surface area contributed by atoms with Crippen LogP contribution in [0.1, 0.15) is 5.56 Å². The lowest BCUT2D eigenvalue weighted by Crippen LogP contribution is -1.97. The molecule has 1 aromatic rings. The van der Waals surface area contributed by atoms with E-state index in [9.17, 15) is 0 Å². The number of anilines is 1. The van der Waals surface area contributed by atoms with Crippen molar-refractivity contribution in [1.82, 2.24) is 0 Å². The molecular formula is C10H12ClN. The highest BCUT2D eigenvalue weighted by molar-refractivity contribution is 6.25. The van der Waals surface area contributed by atoms with Crippen LogP contribution in [0.15, 0.2) is 35.9 Å². The van der Waals surface area contributed by atoms with E-state index in [0.717, 1.165) is 12.2 Å². The second-order valence-electron chi connectivity index (χ2n) is 2.61. The lowest BCUT2D eigenvalue weighted by Gasteiger charge is -2.02. The van der Waals surface area contributed by atoms with E-state index in [0.29, 0.717) is 0 Å². The molecule has 0 aliphatic carbocycles. The van der Waals surface area contributed by atoms with E-state index in [-0.39, 0.29) is 0 Å². The van der Waals surface area contributed by atoms with Crippen LogP contribution in [0, 0.1) is 6.92 Å². The first kappa shape index (κ1) is 9.14. The van der Waals surface area contributed by atoms with Crippen molar-refractivity contribution in [2.24, 2.45) is 0 Å². The lowest BCUT2D eigenvalue weighted by atomic mass is 10.2. The van der Waals surface area contributed by atoms with E-state index >= 15 is 0 Å². The highest BCUT2D eigenvalue weighted by Crippen LogP contribution is 2.08. The van der Waals surface area contributed by atoms with E-state index in [2.05, 4.69) is 24.4 Å². The maximum absolute atomic E-state index is 5.38. The summed E-state index contributed by atoms with van der Waals surface area (Å²) in [5.74, 6) is 0. The molecular weight excluding hydrogens is 170 g/mol. The van der Waals surface area contributed by atoms with Crippen LogP contribution < -0.4 is 5.32 Å². The molecule has 0 aliphatic rings. The molecule has 0 aliphatic heterocycles. The van der Waals surface area contributed by atoms with Crippen molar-refractivity contribution in [2.45, 2.75) is 6.92 Å². The van der Waals surface area contributed by atoms with Gasteiger partial charge in [-0.1, -0.05) is 29.8 Å². The summed E-state index contributed by atoms with van der Waals surface area (Å²) in [6.45, 7) is 2.84. The predicted molar refractivity (Wildman–Crippen MR) is 54.7 cm³/mol. The normalized spacial score (nSPS) is 10.5. The fourth-order valence-corrected chi connectivity index (χ4v) is 1.07. The first-order valence-electron chi connectivity index (χ1n) is 3.88. The Bertz CT molecular complexity index is 268.